The van der Waals surface area contributed by atoms with Gasteiger partial charge in [0, 0.05) is 26.2 Å². The van der Waals surface area contributed by atoms with E-state index in [1.54, 1.807) is 0 Å². The van der Waals surface area contributed by atoms with Crippen LogP contribution in [-0.2, 0) is 4.74 Å². The highest BCUT2D eigenvalue weighted by Gasteiger charge is 2.17. The van der Waals surface area contributed by atoms with Crippen molar-refractivity contribution in [3.05, 3.63) is 12.7 Å². The van der Waals surface area contributed by atoms with Crippen LogP contribution in [0.4, 0.5) is 0 Å². The third-order valence-corrected chi connectivity index (χ3v) is 1.87. The highest BCUT2D eigenvalue weighted by atomic mass is 16.5. The molecule has 1 aliphatic rings. The van der Waals surface area contributed by atoms with E-state index in [1.807, 2.05) is 6.08 Å². The van der Waals surface area contributed by atoms with Gasteiger partial charge >= 0.3 is 0 Å². The zero-order chi connectivity index (χ0) is 8.10. The molecule has 0 aromatic carbocycles. The SMILES string of the molecule is C=CCN1CCO[C@@H](CN)C1. The Kier molecular flexibility index (Phi) is 3.56. The summed E-state index contributed by atoms with van der Waals surface area (Å²) < 4.78 is 5.40. The van der Waals surface area contributed by atoms with E-state index in [0.717, 1.165) is 26.2 Å². The molecular weight excluding hydrogens is 140 g/mol. The van der Waals surface area contributed by atoms with Crippen molar-refractivity contribution in [2.45, 2.75) is 6.10 Å². The van der Waals surface area contributed by atoms with Crippen molar-refractivity contribution in [1.29, 1.82) is 0 Å². The number of hydrogen-bond donors (Lipinski definition) is 1. The highest BCUT2D eigenvalue weighted by molar-refractivity contribution is 4.78. The second-order valence-electron chi connectivity index (χ2n) is 2.78. The van der Waals surface area contributed by atoms with Crippen LogP contribution in [0.2, 0.25) is 0 Å². The summed E-state index contributed by atoms with van der Waals surface area (Å²) >= 11 is 0. The van der Waals surface area contributed by atoms with Crippen LogP contribution in [0.3, 0.4) is 0 Å². The van der Waals surface area contributed by atoms with Gasteiger partial charge in [0.2, 0.25) is 0 Å². The van der Waals surface area contributed by atoms with E-state index < -0.39 is 0 Å². The number of ether oxygens (including phenoxy) is 1. The number of nitrogens with zero attached hydrogens (tertiary/aromatic N) is 1. The molecule has 0 unspecified atom stereocenters. The highest BCUT2D eigenvalue weighted by Crippen LogP contribution is 2.02. The van der Waals surface area contributed by atoms with E-state index in [0.29, 0.717) is 6.54 Å². The standard InChI is InChI=1S/C8H16N2O/c1-2-3-10-4-5-11-8(6-9)7-10/h2,8H,1,3-7,9H2/t8-/m0/s1. The number of rotatable bonds is 3. The molecule has 0 spiro atoms. The van der Waals surface area contributed by atoms with Crippen LogP contribution in [0.25, 0.3) is 0 Å². The molecule has 1 rings (SSSR count). The predicted molar refractivity (Wildman–Crippen MR) is 45.4 cm³/mol. The lowest BCUT2D eigenvalue weighted by Gasteiger charge is -2.31. The molecule has 0 amide bonds. The van der Waals surface area contributed by atoms with Crippen LogP contribution >= 0.6 is 0 Å². The summed E-state index contributed by atoms with van der Waals surface area (Å²) in [7, 11) is 0. The molecule has 0 radical (unpaired) electrons. The Bertz CT molecular complexity index is 127. The molecule has 3 nitrogen and oxygen atoms in total. The molecule has 1 aliphatic heterocycles. The fourth-order valence-electron chi connectivity index (χ4n) is 1.27. The minimum absolute atomic E-state index is 0.226. The molecule has 11 heavy (non-hydrogen) atoms. The summed E-state index contributed by atoms with van der Waals surface area (Å²) in [5.41, 5.74) is 5.48. The Morgan fingerprint density at radius 3 is 3.18 bits per heavy atom. The Morgan fingerprint density at radius 1 is 1.73 bits per heavy atom. The third kappa shape index (κ3) is 2.61. The minimum atomic E-state index is 0.226. The van der Waals surface area contributed by atoms with Gasteiger partial charge in [-0.15, -0.1) is 6.58 Å². The Hall–Kier alpha value is -0.380. The van der Waals surface area contributed by atoms with Crippen LogP contribution in [0, 0.1) is 0 Å². The van der Waals surface area contributed by atoms with Gasteiger partial charge in [0.15, 0.2) is 0 Å². The Labute approximate surface area is 67.8 Å². The van der Waals surface area contributed by atoms with E-state index in [2.05, 4.69) is 11.5 Å². The largest absolute Gasteiger partial charge is 0.374 e. The van der Waals surface area contributed by atoms with Crippen molar-refractivity contribution in [3.8, 4) is 0 Å². The topological polar surface area (TPSA) is 38.5 Å². The fourth-order valence-corrected chi connectivity index (χ4v) is 1.27. The van der Waals surface area contributed by atoms with Gasteiger partial charge in [0.1, 0.15) is 0 Å². The number of nitrogens with two attached hydrogens (primary N) is 1. The summed E-state index contributed by atoms with van der Waals surface area (Å²) in [6.45, 7) is 8.01. The van der Waals surface area contributed by atoms with Crippen LogP contribution in [0.5, 0.6) is 0 Å². The quantitative estimate of drug-likeness (QED) is 0.577. The second kappa shape index (κ2) is 4.49. The first-order valence-corrected chi connectivity index (χ1v) is 4.01. The molecule has 0 aliphatic carbocycles. The monoisotopic (exact) mass is 156 g/mol. The molecule has 1 heterocycles. The van der Waals surface area contributed by atoms with Gasteiger partial charge in [-0.05, 0) is 0 Å². The third-order valence-electron chi connectivity index (χ3n) is 1.87. The van der Waals surface area contributed by atoms with Gasteiger partial charge in [0.05, 0.1) is 12.7 Å². The molecule has 1 fully saturated rings. The van der Waals surface area contributed by atoms with E-state index in [-0.39, 0.29) is 6.10 Å². The van der Waals surface area contributed by atoms with E-state index in [9.17, 15) is 0 Å². The molecular formula is C8H16N2O. The van der Waals surface area contributed by atoms with Gasteiger partial charge in [0.25, 0.3) is 0 Å². The predicted octanol–water partition coefficient (Wildman–Crippen LogP) is -0.168. The zero-order valence-corrected chi connectivity index (χ0v) is 6.83. The molecule has 1 saturated heterocycles. The molecule has 0 aromatic rings. The second-order valence-corrected chi connectivity index (χ2v) is 2.78. The lowest BCUT2D eigenvalue weighted by molar-refractivity contribution is -0.0190. The lowest BCUT2D eigenvalue weighted by Crippen LogP contribution is -2.45. The molecule has 2 N–H and O–H groups in total. The molecule has 0 bridgehead atoms. The van der Waals surface area contributed by atoms with Crippen molar-refractivity contribution in [2.24, 2.45) is 5.73 Å². The van der Waals surface area contributed by atoms with Crippen molar-refractivity contribution in [3.63, 3.8) is 0 Å². The molecule has 0 aromatic heterocycles. The number of morpholine rings is 1. The average Bonchev–Trinajstić information content (AvgIpc) is 2.06. The summed E-state index contributed by atoms with van der Waals surface area (Å²) in [6, 6.07) is 0. The first kappa shape index (κ1) is 8.71. The molecule has 1 atom stereocenters. The van der Waals surface area contributed by atoms with Crippen molar-refractivity contribution < 1.29 is 4.74 Å². The van der Waals surface area contributed by atoms with Gasteiger partial charge in [-0.1, -0.05) is 6.08 Å². The number of hydrogen-bond acceptors (Lipinski definition) is 3. The smallest absolute Gasteiger partial charge is 0.0824 e. The van der Waals surface area contributed by atoms with Crippen LogP contribution in [0.1, 0.15) is 0 Å². The van der Waals surface area contributed by atoms with Crippen molar-refractivity contribution >= 4 is 0 Å². The molecule has 0 saturated carbocycles. The lowest BCUT2D eigenvalue weighted by atomic mass is 10.3. The summed E-state index contributed by atoms with van der Waals surface area (Å²) in [5, 5.41) is 0. The first-order chi connectivity index (χ1) is 5.36. The normalized spacial score (nSPS) is 26.8. The summed E-state index contributed by atoms with van der Waals surface area (Å²) in [6.07, 6.45) is 2.14. The maximum Gasteiger partial charge on any atom is 0.0824 e. The zero-order valence-electron chi connectivity index (χ0n) is 6.83. The van der Waals surface area contributed by atoms with Crippen LogP contribution in [-0.4, -0.2) is 43.8 Å². The van der Waals surface area contributed by atoms with Gasteiger partial charge in [-0.2, -0.15) is 0 Å². The van der Waals surface area contributed by atoms with Gasteiger partial charge < -0.3 is 10.5 Å². The van der Waals surface area contributed by atoms with E-state index in [4.69, 9.17) is 10.5 Å². The van der Waals surface area contributed by atoms with Crippen molar-refractivity contribution in [1.82, 2.24) is 4.90 Å². The van der Waals surface area contributed by atoms with Crippen LogP contribution in [0.15, 0.2) is 12.7 Å². The van der Waals surface area contributed by atoms with E-state index in [1.165, 1.54) is 0 Å². The van der Waals surface area contributed by atoms with Gasteiger partial charge in [-0.25, -0.2) is 0 Å². The molecule has 3 heteroatoms. The van der Waals surface area contributed by atoms with Gasteiger partial charge in [-0.3, -0.25) is 4.90 Å². The maximum atomic E-state index is 5.48. The van der Waals surface area contributed by atoms with Crippen molar-refractivity contribution in [2.75, 3.05) is 32.8 Å². The first-order valence-electron chi connectivity index (χ1n) is 4.01. The summed E-state index contributed by atoms with van der Waals surface area (Å²) in [4.78, 5) is 2.30. The van der Waals surface area contributed by atoms with Crippen LogP contribution < -0.4 is 5.73 Å². The summed E-state index contributed by atoms with van der Waals surface area (Å²) in [5.74, 6) is 0. The maximum absolute atomic E-state index is 5.48. The minimum Gasteiger partial charge on any atom is -0.374 e. The molecule has 64 valence electrons. The average molecular weight is 156 g/mol. The fraction of sp³-hybridized carbons (Fsp3) is 0.750. The Balaban J connectivity index is 2.27. The van der Waals surface area contributed by atoms with E-state index >= 15 is 0 Å². The Morgan fingerprint density at radius 2 is 2.55 bits per heavy atom.